The number of rotatable bonds is 13. The first-order valence-corrected chi connectivity index (χ1v) is 14.5. The molecule has 5 rings (SSSR count). The molecule has 0 bridgehead atoms. The van der Waals surface area contributed by atoms with E-state index in [9.17, 15) is 9.59 Å². The third-order valence-corrected chi connectivity index (χ3v) is 7.17. The van der Waals surface area contributed by atoms with Crippen molar-refractivity contribution < 1.29 is 23.5 Å². The van der Waals surface area contributed by atoms with Crippen LogP contribution in [0.1, 0.15) is 43.4 Å². The fourth-order valence-corrected chi connectivity index (χ4v) is 4.96. The highest BCUT2D eigenvalue weighted by molar-refractivity contribution is 6.00. The van der Waals surface area contributed by atoms with Crippen molar-refractivity contribution in [1.82, 2.24) is 15.2 Å². The number of hydrogen-bond donors (Lipinski definition) is 3. The first-order chi connectivity index (χ1) is 21.0. The number of amides is 3. The van der Waals surface area contributed by atoms with Crippen molar-refractivity contribution >= 4 is 23.5 Å². The van der Waals surface area contributed by atoms with Gasteiger partial charge in [0.25, 0.3) is 0 Å². The predicted octanol–water partition coefficient (Wildman–Crippen LogP) is 6.84. The van der Waals surface area contributed by atoms with Crippen LogP contribution in [-0.2, 0) is 11.3 Å². The maximum Gasteiger partial charge on any atom is 0.408 e. The monoisotopic (exact) mass is 583 g/mol. The molecule has 224 valence electrons. The van der Waals surface area contributed by atoms with E-state index in [1.54, 1.807) is 43.6 Å². The number of methoxy groups -OCH3 is 1. The largest absolute Gasteiger partial charge is 0.496 e. The van der Waals surface area contributed by atoms with E-state index >= 15 is 0 Å². The maximum atomic E-state index is 12.9. The van der Waals surface area contributed by atoms with Crippen LogP contribution in [0.15, 0.2) is 89.8 Å². The Balaban J connectivity index is 1.15. The summed E-state index contributed by atoms with van der Waals surface area (Å²) in [6.07, 6.45) is 5.53. The van der Waals surface area contributed by atoms with Crippen molar-refractivity contribution in [1.29, 1.82) is 0 Å². The molecule has 0 aliphatic heterocycles. The third kappa shape index (κ3) is 8.36. The molecule has 1 aromatic heterocycles. The summed E-state index contributed by atoms with van der Waals surface area (Å²) in [4.78, 5) is 32.0. The average molecular weight is 584 g/mol. The summed E-state index contributed by atoms with van der Waals surface area (Å²) in [5, 5.41) is 8.51. The highest BCUT2D eigenvalue weighted by atomic mass is 16.6. The van der Waals surface area contributed by atoms with Crippen molar-refractivity contribution in [2.45, 2.75) is 44.9 Å². The van der Waals surface area contributed by atoms with E-state index in [1.165, 1.54) is 19.2 Å². The molecule has 4 aromatic rings. The number of nitrogens with one attached hydrogen (secondary N) is 3. The minimum atomic E-state index is -0.486. The van der Waals surface area contributed by atoms with Crippen LogP contribution in [0.4, 0.5) is 21.0 Å². The molecule has 1 atom stereocenters. The normalized spacial score (nSPS) is 13.3. The number of carbonyl (C=O) groups excluding carboxylic acids is 2. The van der Waals surface area contributed by atoms with Crippen LogP contribution in [-0.4, -0.2) is 48.2 Å². The van der Waals surface area contributed by atoms with Crippen molar-refractivity contribution in [3.8, 4) is 17.1 Å². The Morgan fingerprint density at radius 3 is 2.51 bits per heavy atom. The molecule has 3 amide bonds. The molecule has 10 nitrogen and oxygen atoms in total. The van der Waals surface area contributed by atoms with Gasteiger partial charge in [0, 0.05) is 36.6 Å². The number of urea groups is 1. The lowest BCUT2D eigenvalue weighted by atomic mass is 10.1. The van der Waals surface area contributed by atoms with Gasteiger partial charge in [-0.25, -0.2) is 14.6 Å². The standard InChI is InChI=1S/C33H37N5O5/c1-3-16-38(27-13-14-27)21-31(24-9-5-4-6-10-24)43-33(40)35-19-23-8-7-11-25(17-23)36-32(39)37-26-12-15-28(29(18-26)41-2)30-20-34-22-42-30/h4-12,15,17-18,20,22,27,31H,3,13-14,16,19,21H2,1-2H3,(H,35,40)(H2,36,37,39). The molecular weight excluding hydrogens is 546 g/mol. The van der Waals surface area contributed by atoms with Crippen LogP contribution in [0, 0.1) is 0 Å². The molecule has 1 unspecified atom stereocenters. The number of carbonyl (C=O) groups is 2. The molecule has 3 aromatic carbocycles. The van der Waals surface area contributed by atoms with Crippen molar-refractivity contribution in [2.75, 3.05) is 30.8 Å². The summed E-state index contributed by atoms with van der Waals surface area (Å²) in [5.74, 6) is 1.10. The Hall–Kier alpha value is -4.83. The summed E-state index contributed by atoms with van der Waals surface area (Å²) in [6, 6.07) is 22.6. The Morgan fingerprint density at radius 2 is 1.81 bits per heavy atom. The van der Waals surface area contributed by atoms with Crippen molar-refractivity contribution in [2.24, 2.45) is 0 Å². The van der Waals surface area contributed by atoms with Crippen LogP contribution < -0.4 is 20.7 Å². The average Bonchev–Trinajstić information content (AvgIpc) is 3.73. The van der Waals surface area contributed by atoms with Gasteiger partial charge in [-0.2, -0.15) is 0 Å². The zero-order valence-corrected chi connectivity index (χ0v) is 24.4. The lowest BCUT2D eigenvalue weighted by Gasteiger charge is -2.27. The highest BCUT2D eigenvalue weighted by Gasteiger charge is 2.31. The minimum Gasteiger partial charge on any atom is -0.496 e. The minimum absolute atomic E-state index is 0.249. The van der Waals surface area contributed by atoms with Crippen LogP contribution in [0.2, 0.25) is 0 Å². The first kappa shape index (κ1) is 29.7. The molecule has 10 heteroatoms. The van der Waals surface area contributed by atoms with Crippen molar-refractivity contribution in [3.05, 3.63) is 96.5 Å². The topological polar surface area (TPSA) is 118 Å². The molecular formula is C33H37N5O5. The molecule has 1 aliphatic carbocycles. The third-order valence-electron chi connectivity index (χ3n) is 7.17. The van der Waals surface area contributed by atoms with Crippen LogP contribution in [0.25, 0.3) is 11.3 Å². The lowest BCUT2D eigenvalue weighted by molar-refractivity contribution is 0.0666. The molecule has 1 saturated carbocycles. The quantitative estimate of drug-likeness (QED) is 0.158. The van der Waals surface area contributed by atoms with E-state index in [-0.39, 0.29) is 12.6 Å². The molecule has 0 spiro atoms. The van der Waals surface area contributed by atoms with Gasteiger partial charge in [-0.15, -0.1) is 0 Å². The fourth-order valence-electron chi connectivity index (χ4n) is 4.96. The molecule has 43 heavy (non-hydrogen) atoms. The molecule has 3 N–H and O–H groups in total. The second-order valence-electron chi connectivity index (χ2n) is 10.4. The van der Waals surface area contributed by atoms with Gasteiger partial charge < -0.3 is 29.8 Å². The number of aromatic nitrogens is 1. The van der Waals surface area contributed by atoms with Crippen LogP contribution in [0.3, 0.4) is 0 Å². The van der Waals surface area contributed by atoms with E-state index in [2.05, 4.69) is 32.8 Å². The van der Waals surface area contributed by atoms with E-state index < -0.39 is 12.1 Å². The smallest absolute Gasteiger partial charge is 0.408 e. The first-order valence-electron chi connectivity index (χ1n) is 14.5. The second-order valence-corrected chi connectivity index (χ2v) is 10.4. The fraction of sp³-hybridized carbons (Fsp3) is 0.303. The zero-order chi connectivity index (χ0) is 30.0. The van der Waals surface area contributed by atoms with E-state index in [4.69, 9.17) is 13.9 Å². The lowest BCUT2D eigenvalue weighted by Crippen LogP contribution is -2.35. The number of alkyl carbamates (subject to hydrolysis) is 1. The Morgan fingerprint density at radius 1 is 1.02 bits per heavy atom. The van der Waals surface area contributed by atoms with Gasteiger partial charge in [0.15, 0.2) is 12.2 Å². The summed E-state index contributed by atoms with van der Waals surface area (Å²) < 4.78 is 16.7. The summed E-state index contributed by atoms with van der Waals surface area (Å²) >= 11 is 0. The SMILES string of the molecule is CCCN(CC(OC(=O)NCc1cccc(NC(=O)Nc2ccc(-c3cnco3)c(OC)c2)c1)c1ccccc1)C1CC1. The molecule has 0 radical (unpaired) electrons. The number of hydrogen-bond acceptors (Lipinski definition) is 7. The predicted molar refractivity (Wildman–Crippen MR) is 165 cm³/mol. The summed E-state index contributed by atoms with van der Waals surface area (Å²) in [7, 11) is 1.55. The van der Waals surface area contributed by atoms with Gasteiger partial charge in [-0.1, -0.05) is 49.4 Å². The van der Waals surface area contributed by atoms with Gasteiger partial charge >= 0.3 is 12.1 Å². The number of benzene rings is 3. The molecule has 1 fully saturated rings. The molecule has 1 aliphatic rings. The highest BCUT2D eigenvalue weighted by Crippen LogP contribution is 2.32. The van der Waals surface area contributed by atoms with E-state index in [0.717, 1.165) is 29.7 Å². The summed E-state index contributed by atoms with van der Waals surface area (Å²) in [6.45, 7) is 4.06. The Kier molecular flexibility index (Phi) is 9.91. The maximum absolute atomic E-state index is 12.9. The van der Waals surface area contributed by atoms with E-state index in [1.807, 2.05) is 42.5 Å². The van der Waals surface area contributed by atoms with Gasteiger partial charge in [0.05, 0.1) is 18.9 Å². The number of ether oxygens (including phenoxy) is 2. The number of anilines is 2. The molecule has 0 saturated heterocycles. The van der Waals surface area contributed by atoms with Gasteiger partial charge in [0.1, 0.15) is 11.9 Å². The zero-order valence-electron chi connectivity index (χ0n) is 24.4. The Labute approximate surface area is 251 Å². The van der Waals surface area contributed by atoms with Gasteiger partial charge in [-0.05, 0) is 61.2 Å². The molecule has 1 heterocycles. The second kappa shape index (κ2) is 14.4. The van der Waals surface area contributed by atoms with Crippen LogP contribution >= 0.6 is 0 Å². The Bertz CT molecular complexity index is 1490. The van der Waals surface area contributed by atoms with Gasteiger partial charge in [-0.3, -0.25) is 4.90 Å². The summed E-state index contributed by atoms with van der Waals surface area (Å²) in [5.41, 5.74) is 3.64. The number of nitrogens with zero attached hydrogens (tertiary/aromatic N) is 2. The number of oxazole rings is 1. The van der Waals surface area contributed by atoms with E-state index in [0.29, 0.717) is 35.5 Å². The van der Waals surface area contributed by atoms with Gasteiger partial charge in [0.2, 0.25) is 0 Å². The van der Waals surface area contributed by atoms with Crippen LogP contribution in [0.5, 0.6) is 5.75 Å². The van der Waals surface area contributed by atoms with Crippen molar-refractivity contribution in [3.63, 3.8) is 0 Å².